The van der Waals surface area contributed by atoms with Crippen LogP contribution in [-0.4, -0.2) is 43.2 Å². The number of anilines is 2. The van der Waals surface area contributed by atoms with Crippen LogP contribution in [0.1, 0.15) is 25.3 Å². The zero-order valence-corrected chi connectivity index (χ0v) is 19.6. The molecule has 0 aliphatic carbocycles. The lowest BCUT2D eigenvalue weighted by Gasteiger charge is -2.33. The molecule has 1 amide bonds. The molecule has 1 aliphatic rings. The topological polar surface area (TPSA) is 75.7 Å². The Balaban J connectivity index is 1.27. The van der Waals surface area contributed by atoms with Gasteiger partial charge in [0.05, 0.1) is 6.61 Å². The fraction of sp³-hybridized carbons (Fsp3) is 0.333. The van der Waals surface area contributed by atoms with Crippen LogP contribution >= 0.6 is 0 Å². The van der Waals surface area contributed by atoms with Gasteiger partial charge in [-0.25, -0.2) is 4.98 Å². The maximum atomic E-state index is 12.2. The van der Waals surface area contributed by atoms with Gasteiger partial charge in [-0.3, -0.25) is 4.79 Å². The Bertz CT molecular complexity index is 1040. The van der Waals surface area contributed by atoms with Gasteiger partial charge in [0.25, 0.3) is 5.91 Å². The van der Waals surface area contributed by atoms with Crippen LogP contribution in [0.5, 0.6) is 11.5 Å². The van der Waals surface area contributed by atoms with Crippen molar-refractivity contribution >= 4 is 17.4 Å². The van der Waals surface area contributed by atoms with Crippen LogP contribution in [0.25, 0.3) is 0 Å². The van der Waals surface area contributed by atoms with E-state index in [0.717, 1.165) is 49.5 Å². The zero-order valence-electron chi connectivity index (χ0n) is 19.6. The molecule has 2 aromatic carbocycles. The summed E-state index contributed by atoms with van der Waals surface area (Å²) < 4.78 is 11.5. The summed E-state index contributed by atoms with van der Waals surface area (Å²) in [5.41, 5.74) is 1.87. The molecule has 4 rings (SSSR count). The van der Waals surface area contributed by atoms with Gasteiger partial charge in [0.15, 0.2) is 18.1 Å². The van der Waals surface area contributed by atoms with Crippen LogP contribution in [0.2, 0.25) is 0 Å². The average Bonchev–Trinajstić information content (AvgIpc) is 2.88. The Hall–Kier alpha value is -3.58. The van der Waals surface area contributed by atoms with E-state index in [2.05, 4.69) is 26.6 Å². The van der Waals surface area contributed by atoms with Crippen molar-refractivity contribution in [3.8, 4) is 11.5 Å². The Morgan fingerprint density at radius 1 is 1.00 bits per heavy atom. The number of carbonyl (C=O) groups is 1. The second-order valence-electron chi connectivity index (χ2n) is 8.25. The number of hydrogen-bond acceptors (Lipinski definition) is 6. The molecule has 178 valence electrons. The third kappa shape index (κ3) is 6.71. The minimum Gasteiger partial charge on any atom is -0.490 e. The highest BCUT2D eigenvalue weighted by atomic mass is 16.5. The molecule has 0 atom stereocenters. The molecule has 7 nitrogen and oxygen atoms in total. The summed E-state index contributed by atoms with van der Waals surface area (Å²) >= 11 is 0. The van der Waals surface area contributed by atoms with Gasteiger partial charge in [0.2, 0.25) is 0 Å². The number of aromatic nitrogens is 1. The van der Waals surface area contributed by atoms with Crippen molar-refractivity contribution in [1.29, 1.82) is 0 Å². The van der Waals surface area contributed by atoms with Crippen LogP contribution < -0.4 is 25.0 Å². The predicted molar refractivity (Wildman–Crippen MR) is 134 cm³/mol. The summed E-state index contributed by atoms with van der Waals surface area (Å²) in [4.78, 5) is 19.0. The molecule has 7 heteroatoms. The van der Waals surface area contributed by atoms with E-state index < -0.39 is 0 Å². The Morgan fingerprint density at radius 2 is 1.79 bits per heavy atom. The first-order valence-electron chi connectivity index (χ1n) is 11.8. The molecule has 1 aliphatic heterocycles. The monoisotopic (exact) mass is 460 g/mol. The SMILES string of the molecule is CCOc1cc(CNC2CCN(c3ccccn3)CC2)ccc1OCC(=O)Nc1ccccc1. The minimum absolute atomic E-state index is 0.0819. The van der Waals surface area contributed by atoms with Crippen molar-refractivity contribution in [2.24, 2.45) is 0 Å². The quantitative estimate of drug-likeness (QED) is 0.471. The first-order valence-corrected chi connectivity index (χ1v) is 11.8. The molecule has 0 unspecified atom stereocenters. The molecule has 1 saturated heterocycles. The number of pyridine rings is 1. The lowest BCUT2D eigenvalue weighted by atomic mass is 10.0. The van der Waals surface area contributed by atoms with Gasteiger partial charge in [-0.1, -0.05) is 30.3 Å². The second kappa shape index (κ2) is 12.0. The number of amides is 1. The number of benzene rings is 2. The highest BCUT2D eigenvalue weighted by Crippen LogP contribution is 2.29. The van der Waals surface area contributed by atoms with E-state index in [-0.39, 0.29) is 12.5 Å². The van der Waals surface area contributed by atoms with E-state index in [1.165, 1.54) is 0 Å². The molecular formula is C27H32N4O3. The molecule has 2 heterocycles. The van der Waals surface area contributed by atoms with Gasteiger partial charge < -0.3 is 25.0 Å². The first kappa shape index (κ1) is 23.6. The van der Waals surface area contributed by atoms with Gasteiger partial charge in [-0.05, 0) is 61.7 Å². The molecule has 0 bridgehead atoms. The first-order chi connectivity index (χ1) is 16.7. The fourth-order valence-electron chi connectivity index (χ4n) is 4.03. The van der Waals surface area contributed by atoms with Crippen molar-refractivity contribution in [3.05, 3.63) is 78.5 Å². The summed E-state index contributed by atoms with van der Waals surface area (Å²) in [5.74, 6) is 2.06. The summed E-state index contributed by atoms with van der Waals surface area (Å²) in [6.45, 7) is 5.12. The van der Waals surface area contributed by atoms with E-state index in [4.69, 9.17) is 9.47 Å². The molecule has 1 aromatic heterocycles. The average molecular weight is 461 g/mol. The largest absolute Gasteiger partial charge is 0.490 e. The van der Waals surface area contributed by atoms with E-state index >= 15 is 0 Å². The summed E-state index contributed by atoms with van der Waals surface area (Å²) in [6, 6.07) is 21.7. The van der Waals surface area contributed by atoms with Crippen LogP contribution in [-0.2, 0) is 11.3 Å². The van der Waals surface area contributed by atoms with E-state index in [1.54, 1.807) is 0 Å². The van der Waals surface area contributed by atoms with Crippen LogP contribution in [0.4, 0.5) is 11.5 Å². The van der Waals surface area contributed by atoms with Crippen LogP contribution in [0.3, 0.4) is 0 Å². The Kier molecular flexibility index (Phi) is 8.35. The summed E-state index contributed by atoms with van der Waals surface area (Å²) in [7, 11) is 0. The third-order valence-corrected chi connectivity index (χ3v) is 5.79. The molecule has 34 heavy (non-hydrogen) atoms. The third-order valence-electron chi connectivity index (χ3n) is 5.79. The Labute approximate surface area is 201 Å². The van der Waals surface area contributed by atoms with Gasteiger partial charge in [-0.15, -0.1) is 0 Å². The van der Waals surface area contributed by atoms with E-state index in [9.17, 15) is 4.79 Å². The molecule has 1 fully saturated rings. The van der Waals surface area contributed by atoms with Crippen molar-refractivity contribution in [1.82, 2.24) is 10.3 Å². The fourth-order valence-corrected chi connectivity index (χ4v) is 4.03. The minimum atomic E-state index is -0.212. The van der Waals surface area contributed by atoms with Crippen molar-refractivity contribution in [2.45, 2.75) is 32.4 Å². The van der Waals surface area contributed by atoms with E-state index in [1.807, 2.05) is 73.8 Å². The van der Waals surface area contributed by atoms with Gasteiger partial charge >= 0.3 is 0 Å². The van der Waals surface area contributed by atoms with Crippen molar-refractivity contribution in [2.75, 3.05) is 36.5 Å². The summed E-state index contributed by atoms with van der Waals surface area (Å²) in [6.07, 6.45) is 4.00. The van der Waals surface area contributed by atoms with Gasteiger partial charge in [-0.2, -0.15) is 0 Å². The highest BCUT2D eigenvalue weighted by molar-refractivity contribution is 5.91. The molecule has 0 spiro atoms. The van der Waals surface area contributed by atoms with Crippen LogP contribution in [0, 0.1) is 0 Å². The lowest BCUT2D eigenvalue weighted by molar-refractivity contribution is -0.118. The normalized spacial score (nSPS) is 14.0. The molecule has 0 saturated carbocycles. The molecular weight excluding hydrogens is 428 g/mol. The number of hydrogen-bond donors (Lipinski definition) is 2. The Morgan fingerprint density at radius 3 is 2.53 bits per heavy atom. The smallest absolute Gasteiger partial charge is 0.262 e. The number of piperidine rings is 1. The maximum Gasteiger partial charge on any atom is 0.262 e. The van der Waals surface area contributed by atoms with Crippen molar-refractivity contribution < 1.29 is 14.3 Å². The lowest BCUT2D eigenvalue weighted by Crippen LogP contribution is -2.42. The van der Waals surface area contributed by atoms with E-state index in [0.29, 0.717) is 24.1 Å². The van der Waals surface area contributed by atoms with Crippen molar-refractivity contribution in [3.63, 3.8) is 0 Å². The number of carbonyl (C=O) groups excluding carboxylic acids is 1. The number of rotatable bonds is 10. The molecule has 0 radical (unpaired) electrons. The second-order valence-corrected chi connectivity index (χ2v) is 8.25. The number of nitrogens with zero attached hydrogens (tertiary/aromatic N) is 2. The maximum absolute atomic E-state index is 12.2. The zero-order chi connectivity index (χ0) is 23.6. The molecule has 3 aromatic rings. The van der Waals surface area contributed by atoms with Gasteiger partial charge in [0.1, 0.15) is 5.82 Å². The number of nitrogens with one attached hydrogen (secondary N) is 2. The standard InChI is InChI=1S/C27H32N4O3/c1-2-33-25-18-21(11-12-24(25)34-20-27(32)30-23-8-4-3-5-9-23)19-29-22-13-16-31(17-14-22)26-10-6-7-15-28-26/h3-12,15,18,22,29H,2,13-14,16-17,19-20H2,1H3,(H,30,32). The molecule has 2 N–H and O–H groups in total. The summed E-state index contributed by atoms with van der Waals surface area (Å²) in [5, 5.41) is 6.49. The number of para-hydroxylation sites is 1. The predicted octanol–water partition coefficient (Wildman–Crippen LogP) is 4.26. The highest BCUT2D eigenvalue weighted by Gasteiger charge is 2.19. The number of ether oxygens (including phenoxy) is 2. The van der Waals surface area contributed by atoms with Crippen LogP contribution in [0.15, 0.2) is 72.9 Å². The van der Waals surface area contributed by atoms with Gasteiger partial charge in [0, 0.05) is 37.6 Å².